The van der Waals surface area contributed by atoms with Gasteiger partial charge in [0, 0.05) is 12.6 Å². The molecule has 1 fully saturated rings. The van der Waals surface area contributed by atoms with Gasteiger partial charge < -0.3 is 10.2 Å². The van der Waals surface area contributed by atoms with Crippen molar-refractivity contribution in [2.45, 2.75) is 70.7 Å². The second-order valence-electron chi connectivity index (χ2n) is 9.75. The molecular weight excluding hydrogens is 364 g/mol. The fourth-order valence-corrected chi connectivity index (χ4v) is 5.18. The van der Waals surface area contributed by atoms with E-state index in [0.29, 0.717) is 12.0 Å². The van der Waals surface area contributed by atoms with Crippen molar-refractivity contribution in [3.05, 3.63) is 36.0 Å². The zero-order chi connectivity index (χ0) is 19.9. The molecule has 1 saturated heterocycles. The molecule has 1 heterocycles. The fraction of sp³-hybridized carbons (Fsp3) is 0.760. The van der Waals surface area contributed by atoms with Crippen LogP contribution in [0.4, 0.5) is 0 Å². The normalized spacial score (nSPS) is 30.6. The summed E-state index contributed by atoms with van der Waals surface area (Å²) < 4.78 is 0. The van der Waals surface area contributed by atoms with Gasteiger partial charge in [-0.2, -0.15) is 0 Å². The smallest absolute Gasteiger partial charge is 0.0553 e. The molecule has 4 atom stereocenters. The van der Waals surface area contributed by atoms with Gasteiger partial charge in [0.05, 0.1) is 5.38 Å². The lowest BCUT2D eigenvalue weighted by Gasteiger charge is -2.36. The van der Waals surface area contributed by atoms with Gasteiger partial charge in [-0.25, -0.2) is 0 Å². The average Bonchev–Trinajstić information content (AvgIpc) is 2.68. The molecule has 2 aliphatic carbocycles. The van der Waals surface area contributed by atoms with Gasteiger partial charge >= 0.3 is 0 Å². The maximum absolute atomic E-state index is 6.18. The van der Waals surface area contributed by atoms with E-state index in [1.165, 1.54) is 57.3 Å². The van der Waals surface area contributed by atoms with E-state index in [1.54, 1.807) is 0 Å². The predicted octanol–water partition coefficient (Wildman–Crippen LogP) is 5.80. The Balaban J connectivity index is 1.39. The number of hydrogen-bond acceptors (Lipinski definition) is 2. The third-order valence-electron chi connectivity index (χ3n) is 6.97. The number of hydrogen-bond donors (Lipinski definition) is 1. The fourth-order valence-electron chi connectivity index (χ4n) is 5.01. The Morgan fingerprint density at radius 1 is 1.18 bits per heavy atom. The molecule has 3 heteroatoms. The quantitative estimate of drug-likeness (QED) is 0.406. The summed E-state index contributed by atoms with van der Waals surface area (Å²) in [5.41, 5.74) is 1.53. The van der Waals surface area contributed by atoms with Crippen LogP contribution in [0.1, 0.15) is 59.3 Å². The molecule has 3 rings (SSSR count). The zero-order valence-electron chi connectivity index (χ0n) is 18.2. The van der Waals surface area contributed by atoms with Gasteiger partial charge in [-0.3, -0.25) is 0 Å². The summed E-state index contributed by atoms with van der Waals surface area (Å²) in [6, 6.07) is 0.604. The predicted molar refractivity (Wildman–Crippen MR) is 123 cm³/mol. The Bertz CT molecular complexity index is 557. The first-order chi connectivity index (χ1) is 13.5. The molecule has 3 aliphatic rings. The monoisotopic (exact) mass is 404 g/mol. The van der Waals surface area contributed by atoms with Crippen LogP contribution in [-0.4, -0.2) is 42.5 Å². The number of allylic oxidation sites excluding steroid dienone is 6. The van der Waals surface area contributed by atoms with E-state index in [4.69, 9.17) is 11.6 Å². The molecule has 3 unspecified atom stereocenters. The standard InChI is InChI=1S/C25H41ClN2/c1-19(2)25(27-14-11-21-6-4-5-20(3)17-21)18-28-15-12-23(13-16-28)22-7-9-24(26)10-8-22/h4,6-9,19-21,23-25,27H,5,10-18H2,1-3H3/t20?,21?,24?,25-/m0/s1. The summed E-state index contributed by atoms with van der Waals surface area (Å²) in [7, 11) is 0. The van der Waals surface area contributed by atoms with Crippen LogP contribution in [0.25, 0.3) is 0 Å². The first-order valence-electron chi connectivity index (χ1n) is 11.7. The minimum Gasteiger partial charge on any atom is -0.312 e. The second kappa shape index (κ2) is 11.0. The van der Waals surface area contributed by atoms with Crippen LogP contribution in [0, 0.1) is 23.7 Å². The van der Waals surface area contributed by atoms with Gasteiger partial charge in [-0.15, -0.1) is 11.6 Å². The van der Waals surface area contributed by atoms with Crippen molar-refractivity contribution in [1.29, 1.82) is 0 Å². The first kappa shape index (κ1) is 22.1. The van der Waals surface area contributed by atoms with Crippen LogP contribution in [0.5, 0.6) is 0 Å². The van der Waals surface area contributed by atoms with Crippen molar-refractivity contribution in [1.82, 2.24) is 10.2 Å². The number of alkyl halides is 1. The summed E-state index contributed by atoms with van der Waals surface area (Å²) in [6.45, 7) is 11.9. The van der Waals surface area contributed by atoms with Crippen LogP contribution in [0.2, 0.25) is 0 Å². The van der Waals surface area contributed by atoms with E-state index in [2.05, 4.69) is 61.4 Å². The number of rotatable bonds is 8. The van der Waals surface area contributed by atoms with Crippen LogP contribution in [0.3, 0.4) is 0 Å². The van der Waals surface area contributed by atoms with Crippen molar-refractivity contribution in [2.24, 2.45) is 23.7 Å². The number of halogens is 1. The van der Waals surface area contributed by atoms with Crippen LogP contribution in [0.15, 0.2) is 36.0 Å². The number of likely N-dealkylation sites (tertiary alicyclic amines) is 1. The van der Waals surface area contributed by atoms with Gasteiger partial charge in [0.1, 0.15) is 0 Å². The third kappa shape index (κ3) is 6.75. The van der Waals surface area contributed by atoms with Crippen molar-refractivity contribution in [3.63, 3.8) is 0 Å². The first-order valence-corrected chi connectivity index (χ1v) is 12.1. The highest BCUT2D eigenvalue weighted by molar-refractivity contribution is 6.22. The molecule has 28 heavy (non-hydrogen) atoms. The van der Waals surface area contributed by atoms with Crippen molar-refractivity contribution in [2.75, 3.05) is 26.2 Å². The van der Waals surface area contributed by atoms with Crippen LogP contribution < -0.4 is 5.32 Å². The number of nitrogens with one attached hydrogen (secondary N) is 1. The summed E-state index contributed by atoms with van der Waals surface area (Å²) in [5, 5.41) is 4.10. The molecule has 0 amide bonds. The van der Waals surface area contributed by atoms with Crippen LogP contribution in [-0.2, 0) is 0 Å². The Kier molecular flexibility index (Phi) is 8.69. The van der Waals surface area contributed by atoms with Crippen molar-refractivity contribution < 1.29 is 0 Å². The third-order valence-corrected chi connectivity index (χ3v) is 7.29. The van der Waals surface area contributed by atoms with Gasteiger partial charge in [0.15, 0.2) is 0 Å². The SMILES string of the molecule is CC1CC=CC(CCN[C@@H](CN2CCC(C3=CCC(Cl)C=C3)CC2)C(C)C)C1. The zero-order valence-corrected chi connectivity index (χ0v) is 19.0. The Morgan fingerprint density at radius 3 is 2.61 bits per heavy atom. The lowest BCUT2D eigenvalue weighted by molar-refractivity contribution is 0.166. The summed E-state index contributed by atoms with van der Waals surface area (Å²) in [4.78, 5) is 2.69. The molecule has 1 aliphatic heterocycles. The van der Waals surface area contributed by atoms with Gasteiger partial charge in [-0.1, -0.05) is 51.2 Å². The minimum atomic E-state index is 0.203. The second-order valence-corrected chi connectivity index (χ2v) is 10.3. The number of piperidine rings is 1. The van der Waals surface area contributed by atoms with Crippen molar-refractivity contribution >= 4 is 11.6 Å². The topological polar surface area (TPSA) is 15.3 Å². The minimum absolute atomic E-state index is 0.203. The van der Waals surface area contributed by atoms with Crippen LogP contribution >= 0.6 is 11.6 Å². The van der Waals surface area contributed by atoms with Crippen molar-refractivity contribution in [3.8, 4) is 0 Å². The molecule has 0 saturated carbocycles. The Labute approximate surface area is 178 Å². The highest BCUT2D eigenvalue weighted by atomic mass is 35.5. The molecular formula is C25H41ClN2. The van der Waals surface area contributed by atoms with Gasteiger partial charge in [0.25, 0.3) is 0 Å². The molecule has 158 valence electrons. The number of nitrogens with zero attached hydrogens (tertiary/aromatic N) is 1. The lowest BCUT2D eigenvalue weighted by Crippen LogP contribution is -2.47. The Hall–Kier alpha value is -0.570. The van der Waals surface area contributed by atoms with E-state index >= 15 is 0 Å². The van der Waals surface area contributed by atoms with E-state index < -0.39 is 0 Å². The summed E-state index contributed by atoms with van der Waals surface area (Å²) >= 11 is 6.18. The van der Waals surface area contributed by atoms with E-state index in [-0.39, 0.29) is 5.38 Å². The average molecular weight is 405 g/mol. The van der Waals surface area contributed by atoms with E-state index in [9.17, 15) is 0 Å². The molecule has 0 spiro atoms. The maximum atomic E-state index is 6.18. The Morgan fingerprint density at radius 2 is 1.96 bits per heavy atom. The molecule has 0 aromatic rings. The molecule has 1 N–H and O–H groups in total. The molecule has 0 aromatic heterocycles. The summed E-state index contributed by atoms with van der Waals surface area (Å²) in [5.74, 6) is 3.07. The van der Waals surface area contributed by atoms with E-state index in [0.717, 1.165) is 30.7 Å². The molecule has 0 bridgehead atoms. The summed E-state index contributed by atoms with van der Waals surface area (Å²) in [6.07, 6.45) is 19.2. The van der Waals surface area contributed by atoms with Gasteiger partial charge in [0.2, 0.25) is 0 Å². The lowest BCUT2D eigenvalue weighted by atomic mass is 9.85. The molecule has 0 radical (unpaired) electrons. The highest BCUT2D eigenvalue weighted by Gasteiger charge is 2.25. The van der Waals surface area contributed by atoms with Gasteiger partial charge in [-0.05, 0) is 87.4 Å². The molecule has 0 aromatic carbocycles. The van der Waals surface area contributed by atoms with E-state index in [1.807, 2.05) is 0 Å². The highest BCUT2D eigenvalue weighted by Crippen LogP contribution is 2.29. The molecule has 2 nitrogen and oxygen atoms in total. The largest absolute Gasteiger partial charge is 0.312 e. The maximum Gasteiger partial charge on any atom is 0.0553 e.